The summed E-state index contributed by atoms with van der Waals surface area (Å²) in [6, 6.07) is 9.35. The van der Waals surface area contributed by atoms with Gasteiger partial charge in [0.15, 0.2) is 0 Å². The molecular weight excluding hydrogens is 281 g/mol. The Bertz CT molecular complexity index is 419. The standard InChI is InChI=1S/C11H11Cl2NO2S/c1-14(16-2)11(15)9(10(12)13)17-8-6-4-3-5-7-8/h3-7H,1-2H3. The molecule has 0 fully saturated rings. The quantitative estimate of drug-likeness (QED) is 0.483. The fraction of sp³-hybridized carbons (Fsp3) is 0.182. The highest BCUT2D eigenvalue weighted by molar-refractivity contribution is 8.04. The van der Waals surface area contributed by atoms with Gasteiger partial charge in [0.25, 0.3) is 5.91 Å². The molecule has 6 heteroatoms. The van der Waals surface area contributed by atoms with Crippen LogP contribution in [0.25, 0.3) is 0 Å². The van der Waals surface area contributed by atoms with Crippen molar-refractivity contribution in [2.45, 2.75) is 4.90 Å². The predicted octanol–water partition coefficient (Wildman–Crippen LogP) is 3.45. The molecule has 0 aliphatic heterocycles. The average molecular weight is 292 g/mol. The maximum Gasteiger partial charge on any atom is 0.286 e. The highest BCUT2D eigenvalue weighted by Gasteiger charge is 2.19. The molecule has 0 unspecified atom stereocenters. The fourth-order valence-corrected chi connectivity index (χ4v) is 2.21. The number of hydroxylamine groups is 2. The molecule has 3 nitrogen and oxygen atoms in total. The van der Waals surface area contributed by atoms with Crippen molar-refractivity contribution in [3.63, 3.8) is 0 Å². The van der Waals surface area contributed by atoms with Gasteiger partial charge in [0.05, 0.1) is 7.11 Å². The number of nitrogens with zero attached hydrogens (tertiary/aromatic N) is 1. The van der Waals surface area contributed by atoms with Gasteiger partial charge in [-0.3, -0.25) is 9.63 Å². The van der Waals surface area contributed by atoms with Crippen LogP contribution in [0.15, 0.2) is 44.6 Å². The van der Waals surface area contributed by atoms with E-state index >= 15 is 0 Å². The molecule has 1 rings (SSSR count). The Morgan fingerprint density at radius 3 is 2.35 bits per heavy atom. The molecule has 0 spiro atoms. The van der Waals surface area contributed by atoms with Gasteiger partial charge in [-0.2, -0.15) is 0 Å². The Morgan fingerprint density at radius 1 is 1.29 bits per heavy atom. The topological polar surface area (TPSA) is 29.5 Å². The zero-order valence-corrected chi connectivity index (χ0v) is 11.6. The van der Waals surface area contributed by atoms with Gasteiger partial charge >= 0.3 is 0 Å². The molecule has 1 aromatic carbocycles. The number of amides is 1. The van der Waals surface area contributed by atoms with Crippen LogP contribution in [0.1, 0.15) is 0 Å². The number of carbonyl (C=O) groups is 1. The van der Waals surface area contributed by atoms with Gasteiger partial charge in [-0.1, -0.05) is 53.2 Å². The lowest BCUT2D eigenvalue weighted by Gasteiger charge is -2.15. The first kappa shape index (κ1) is 14.4. The highest BCUT2D eigenvalue weighted by Crippen LogP contribution is 2.32. The molecule has 0 atom stereocenters. The first-order chi connectivity index (χ1) is 8.06. The molecule has 0 aliphatic rings. The van der Waals surface area contributed by atoms with Crippen LogP contribution in [0.2, 0.25) is 0 Å². The van der Waals surface area contributed by atoms with Crippen molar-refractivity contribution in [2.24, 2.45) is 0 Å². The van der Waals surface area contributed by atoms with E-state index in [-0.39, 0.29) is 15.3 Å². The summed E-state index contributed by atoms with van der Waals surface area (Å²) in [5.41, 5.74) is 0. The molecule has 0 bridgehead atoms. The van der Waals surface area contributed by atoms with E-state index in [2.05, 4.69) is 0 Å². The molecule has 0 aliphatic carbocycles. The highest BCUT2D eigenvalue weighted by atomic mass is 35.5. The van der Waals surface area contributed by atoms with Crippen LogP contribution in [0.5, 0.6) is 0 Å². The molecule has 0 saturated heterocycles. The summed E-state index contributed by atoms with van der Waals surface area (Å²) in [5, 5.41) is 1.07. The first-order valence-electron chi connectivity index (χ1n) is 4.66. The van der Waals surface area contributed by atoms with Crippen molar-refractivity contribution in [3.8, 4) is 0 Å². The number of benzene rings is 1. The predicted molar refractivity (Wildman–Crippen MR) is 70.8 cm³/mol. The summed E-state index contributed by atoms with van der Waals surface area (Å²) in [4.78, 5) is 17.8. The lowest BCUT2D eigenvalue weighted by molar-refractivity contribution is -0.163. The van der Waals surface area contributed by atoms with Crippen molar-refractivity contribution in [3.05, 3.63) is 39.7 Å². The van der Waals surface area contributed by atoms with Gasteiger partial charge < -0.3 is 0 Å². The largest absolute Gasteiger partial charge is 0.286 e. The Hall–Kier alpha value is -0.680. The minimum atomic E-state index is -0.388. The molecule has 92 valence electrons. The monoisotopic (exact) mass is 291 g/mol. The second-order valence-electron chi connectivity index (χ2n) is 2.99. The van der Waals surface area contributed by atoms with Crippen LogP contribution in [-0.2, 0) is 9.63 Å². The van der Waals surface area contributed by atoms with Crippen LogP contribution >= 0.6 is 35.0 Å². The van der Waals surface area contributed by atoms with Crippen LogP contribution in [0, 0.1) is 0 Å². The summed E-state index contributed by atoms with van der Waals surface area (Å²) in [7, 11) is 2.88. The minimum absolute atomic E-state index is 0.0762. The van der Waals surface area contributed by atoms with E-state index in [0.717, 1.165) is 9.96 Å². The van der Waals surface area contributed by atoms with E-state index in [4.69, 9.17) is 28.0 Å². The number of carbonyl (C=O) groups excluding carboxylic acids is 1. The third-order valence-corrected chi connectivity index (χ3v) is 3.58. The number of hydrogen-bond acceptors (Lipinski definition) is 3. The summed E-state index contributed by atoms with van der Waals surface area (Å²) >= 11 is 12.6. The van der Waals surface area contributed by atoms with Crippen LogP contribution < -0.4 is 0 Å². The Balaban J connectivity index is 2.90. The van der Waals surface area contributed by atoms with E-state index < -0.39 is 0 Å². The van der Waals surface area contributed by atoms with Gasteiger partial charge in [-0.15, -0.1) is 0 Å². The van der Waals surface area contributed by atoms with Gasteiger partial charge in [0, 0.05) is 11.9 Å². The minimum Gasteiger partial charge on any atom is -0.274 e. The second-order valence-corrected chi connectivity index (χ2v) is 5.02. The summed E-state index contributed by atoms with van der Waals surface area (Å²) in [5.74, 6) is -0.388. The molecule has 0 heterocycles. The first-order valence-corrected chi connectivity index (χ1v) is 6.24. The number of likely N-dealkylation sites (N-methyl/N-ethyl adjacent to an activating group) is 1. The maximum absolute atomic E-state index is 11.9. The van der Waals surface area contributed by atoms with Crippen LogP contribution in [0.4, 0.5) is 0 Å². The molecule has 0 N–H and O–H groups in total. The normalized spacial score (nSPS) is 9.88. The van der Waals surface area contributed by atoms with E-state index in [1.807, 2.05) is 30.3 Å². The molecule has 1 aromatic rings. The lowest BCUT2D eigenvalue weighted by atomic mass is 10.4. The van der Waals surface area contributed by atoms with E-state index in [9.17, 15) is 4.79 Å². The van der Waals surface area contributed by atoms with Gasteiger partial charge in [0.1, 0.15) is 9.40 Å². The molecule has 17 heavy (non-hydrogen) atoms. The molecule has 0 radical (unpaired) electrons. The average Bonchev–Trinajstić information content (AvgIpc) is 2.35. The third-order valence-electron chi connectivity index (χ3n) is 1.89. The number of thioether (sulfide) groups is 1. The maximum atomic E-state index is 11.9. The van der Waals surface area contributed by atoms with Crippen LogP contribution in [-0.4, -0.2) is 25.1 Å². The fourth-order valence-electron chi connectivity index (χ4n) is 0.995. The lowest BCUT2D eigenvalue weighted by Crippen LogP contribution is -2.26. The van der Waals surface area contributed by atoms with Crippen LogP contribution in [0.3, 0.4) is 0 Å². The SMILES string of the molecule is CON(C)C(=O)C(Sc1ccccc1)=C(Cl)Cl. The van der Waals surface area contributed by atoms with Gasteiger partial charge in [-0.05, 0) is 12.1 Å². The van der Waals surface area contributed by atoms with E-state index in [0.29, 0.717) is 0 Å². The molecule has 0 aromatic heterocycles. The van der Waals surface area contributed by atoms with Crippen molar-refractivity contribution < 1.29 is 9.63 Å². The van der Waals surface area contributed by atoms with Crippen molar-refractivity contribution >= 4 is 40.9 Å². The van der Waals surface area contributed by atoms with Crippen molar-refractivity contribution in [1.29, 1.82) is 0 Å². The van der Waals surface area contributed by atoms with Crippen molar-refractivity contribution in [2.75, 3.05) is 14.2 Å². The van der Waals surface area contributed by atoms with E-state index in [1.54, 1.807) is 0 Å². The Labute approximate surface area is 114 Å². The molecule has 0 saturated carbocycles. The Morgan fingerprint density at radius 2 is 1.88 bits per heavy atom. The smallest absolute Gasteiger partial charge is 0.274 e. The zero-order chi connectivity index (χ0) is 12.8. The third kappa shape index (κ3) is 4.24. The number of halogens is 2. The molecular formula is C11H11Cl2NO2S. The number of rotatable bonds is 4. The molecule has 1 amide bonds. The Kier molecular flexibility index (Phi) is 5.85. The van der Waals surface area contributed by atoms with Crippen molar-refractivity contribution in [1.82, 2.24) is 5.06 Å². The van der Waals surface area contributed by atoms with E-state index in [1.165, 1.54) is 25.9 Å². The number of hydrogen-bond donors (Lipinski definition) is 0. The summed E-state index contributed by atoms with van der Waals surface area (Å²) in [6.07, 6.45) is 0. The van der Waals surface area contributed by atoms with Gasteiger partial charge in [0.2, 0.25) is 0 Å². The van der Waals surface area contributed by atoms with Gasteiger partial charge in [-0.25, -0.2) is 5.06 Å². The second kappa shape index (κ2) is 6.91. The summed E-state index contributed by atoms with van der Waals surface area (Å²) in [6.45, 7) is 0. The zero-order valence-electron chi connectivity index (χ0n) is 9.31. The summed E-state index contributed by atoms with van der Waals surface area (Å²) < 4.78 is -0.0762.